The van der Waals surface area contributed by atoms with Crippen molar-refractivity contribution >= 4 is 45.9 Å². The molecule has 2 heterocycles. The Kier molecular flexibility index (Phi) is 8.88. The SMILES string of the molecule is O=C(CCC(=O)N1CCN(c2ccccc2Cl)CC1)NCCC1=NC(Cc2ccccc2)CS1. The van der Waals surface area contributed by atoms with Gasteiger partial charge in [-0.05, 0) is 24.1 Å². The third-order valence-corrected chi connectivity index (χ3v) is 7.65. The Morgan fingerprint density at radius 2 is 1.74 bits per heavy atom. The summed E-state index contributed by atoms with van der Waals surface area (Å²) in [6.07, 6.45) is 2.17. The van der Waals surface area contributed by atoms with E-state index in [1.807, 2.05) is 35.2 Å². The molecular formula is C26H31ClN4O2S. The summed E-state index contributed by atoms with van der Waals surface area (Å²) >= 11 is 8.07. The van der Waals surface area contributed by atoms with Crippen LogP contribution in [-0.2, 0) is 16.0 Å². The monoisotopic (exact) mass is 498 g/mol. The molecule has 0 aliphatic carbocycles. The standard InChI is InChI=1S/C26H31ClN4O2S/c27-22-8-4-5-9-23(22)30-14-16-31(17-15-30)26(33)11-10-24(32)28-13-12-25-29-21(19-34-25)18-20-6-2-1-3-7-20/h1-9,21H,10-19H2,(H,28,32). The van der Waals surface area contributed by atoms with E-state index in [0.717, 1.165) is 47.4 Å². The molecule has 8 heteroatoms. The minimum Gasteiger partial charge on any atom is -0.367 e. The molecule has 0 aromatic heterocycles. The number of piperazine rings is 1. The number of halogens is 1. The molecule has 2 amide bonds. The summed E-state index contributed by atoms with van der Waals surface area (Å²) in [4.78, 5) is 33.6. The molecule has 0 bridgehead atoms. The minimum absolute atomic E-state index is 0.0356. The number of para-hydroxylation sites is 1. The van der Waals surface area contributed by atoms with Gasteiger partial charge in [0.15, 0.2) is 0 Å². The van der Waals surface area contributed by atoms with Crippen LogP contribution in [0.4, 0.5) is 5.69 Å². The summed E-state index contributed by atoms with van der Waals surface area (Å²) in [5.74, 6) is 0.956. The van der Waals surface area contributed by atoms with Gasteiger partial charge in [-0.25, -0.2) is 0 Å². The fourth-order valence-corrected chi connectivity index (χ4v) is 5.58. The van der Waals surface area contributed by atoms with E-state index in [2.05, 4.69) is 34.5 Å². The second kappa shape index (κ2) is 12.3. The minimum atomic E-state index is -0.0764. The molecule has 2 aromatic carbocycles. The maximum Gasteiger partial charge on any atom is 0.223 e. The highest BCUT2D eigenvalue weighted by Gasteiger charge is 2.23. The number of nitrogens with zero attached hydrogens (tertiary/aromatic N) is 3. The lowest BCUT2D eigenvalue weighted by Crippen LogP contribution is -2.49. The molecule has 1 N–H and O–H groups in total. The highest BCUT2D eigenvalue weighted by molar-refractivity contribution is 8.14. The topological polar surface area (TPSA) is 65.0 Å². The van der Waals surface area contributed by atoms with Crippen LogP contribution in [0, 0.1) is 0 Å². The summed E-state index contributed by atoms with van der Waals surface area (Å²) in [6, 6.07) is 18.5. The van der Waals surface area contributed by atoms with Crippen LogP contribution < -0.4 is 10.2 Å². The van der Waals surface area contributed by atoms with E-state index in [1.54, 1.807) is 11.8 Å². The Balaban J connectivity index is 1.11. The number of hydrogen-bond donors (Lipinski definition) is 1. The Labute approximate surface area is 210 Å². The van der Waals surface area contributed by atoms with Crippen LogP contribution in [0.25, 0.3) is 0 Å². The van der Waals surface area contributed by atoms with Crippen molar-refractivity contribution in [2.45, 2.75) is 31.7 Å². The number of anilines is 1. The molecule has 0 spiro atoms. The zero-order valence-corrected chi connectivity index (χ0v) is 20.9. The Morgan fingerprint density at radius 1 is 1.00 bits per heavy atom. The smallest absolute Gasteiger partial charge is 0.223 e. The van der Waals surface area contributed by atoms with Crippen LogP contribution in [0.5, 0.6) is 0 Å². The van der Waals surface area contributed by atoms with Gasteiger partial charge in [-0.1, -0.05) is 54.1 Å². The van der Waals surface area contributed by atoms with Crippen molar-refractivity contribution in [1.82, 2.24) is 10.2 Å². The molecule has 180 valence electrons. The molecule has 0 radical (unpaired) electrons. The fraction of sp³-hybridized carbons (Fsp3) is 0.423. The molecule has 34 heavy (non-hydrogen) atoms. The third-order valence-electron chi connectivity index (χ3n) is 6.14. The summed E-state index contributed by atoms with van der Waals surface area (Å²) in [7, 11) is 0. The van der Waals surface area contributed by atoms with E-state index in [-0.39, 0.29) is 24.7 Å². The molecule has 2 aliphatic heterocycles. The van der Waals surface area contributed by atoms with E-state index in [0.29, 0.717) is 25.7 Å². The molecule has 1 unspecified atom stereocenters. The molecule has 1 fully saturated rings. The van der Waals surface area contributed by atoms with Crippen LogP contribution in [0.1, 0.15) is 24.8 Å². The largest absolute Gasteiger partial charge is 0.367 e. The average Bonchev–Trinajstić information content (AvgIpc) is 3.30. The first kappa shape index (κ1) is 24.6. The summed E-state index contributed by atoms with van der Waals surface area (Å²) in [5, 5.41) is 4.77. The first-order valence-corrected chi connectivity index (χ1v) is 13.2. The van der Waals surface area contributed by atoms with E-state index < -0.39 is 0 Å². The van der Waals surface area contributed by atoms with Gasteiger partial charge in [0.25, 0.3) is 0 Å². The van der Waals surface area contributed by atoms with Gasteiger partial charge >= 0.3 is 0 Å². The molecular weight excluding hydrogens is 468 g/mol. The van der Waals surface area contributed by atoms with E-state index in [9.17, 15) is 9.59 Å². The number of rotatable bonds is 9. The second-order valence-corrected chi connectivity index (χ2v) is 10.1. The summed E-state index contributed by atoms with van der Waals surface area (Å²) in [6.45, 7) is 3.34. The van der Waals surface area contributed by atoms with Gasteiger partial charge in [0.1, 0.15) is 0 Å². The number of carbonyl (C=O) groups is 2. The number of benzene rings is 2. The average molecular weight is 499 g/mol. The quantitative estimate of drug-likeness (QED) is 0.567. The highest BCUT2D eigenvalue weighted by Crippen LogP contribution is 2.26. The van der Waals surface area contributed by atoms with Gasteiger partial charge in [-0.15, -0.1) is 11.8 Å². The van der Waals surface area contributed by atoms with Gasteiger partial charge in [0.2, 0.25) is 11.8 Å². The third kappa shape index (κ3) is 7.00. The molecule has 4 rings (SSSR count). The zero-order chi connectivity index (χ0) is 23.8. The van der Waals surface area contributed by atoms with Gasteiger partial charge in [-0.2, -0.15) is 0 Å². The van der Waals surface area contributed by atoms with Crippen molar-refractivity contribution in [3.63, 3.8) is 0 Å². The van der Waals surface area contributed by atoms with Crippen molar-refractivity contribution in [2.24, 2.45) is 4.99 Å². The lowest BCUT2D eigenvalue weighted by Gasteiger charge is -2.36. The van der Waals surface area contributed by atoms with Gasteiger partial charge in [0.05, 0.1) is 21.8 Å². The van der Waals surface area contributed by atoms with Crippen molar-refractivity contribution < 1.29 is 9.59 Å². The van der Waals surface area contributed by atoms with Crippen molar-refractivity contribution in [1.29, 1.82) is 0 Å². The first-order valence-electron chi connectivity index (χ1n) is 11.9. The highest BCUT2D eigenvalue weighted by atomic mass is 35.5. The summed E-state index contributed by atoms with van der Waals surface area (Å²) in [5.41, 5.74) is 2.31. The predicted octanol–water partition coefficient (Wildman–Crippen LogP) is 4.03. The zero-order valence-electron chi connectivity index (χ0n) is 19.3. The number of thioether (sulfide) groups is 1. The fourth-order valence-electron chi connectivity index (χ4n) is 4.28. The Hall–Kier alpha value is -2.51. The molecule has 6 nitrogen and oxygen atoms in total. The van der Waals surface area contributed by atoms with Crippen LogP contribution in [0.15, 0.2) is 59.6 Å². The van der Waals surface area contributed by atoms with E-state index in [1.165, 1.54) is 5.56 Å². The number of amides is 2. The van der Waals surface area contributed by atoms with Crippen molar-refractivity contribution in [3.05, 3.63) is 65.2 Å². The van der Waals surface area contributed by atoms with Gasteiger partial charge in [0, 0.05) is 57.7 Å². The lowest BCUT2D eigenvalue weighted by atomic mass is 10.1. The first-order chi connectivity index (χ1) is 16.6. The Bertz CT molecular complexity index is 1010. The maximum absolute atomic E-state index is 12.6. The van der Waals surface area contributed by atoms with Gasteiger partial charge in [-0.3, -0.25) is 14.6 Å². The molecule has 1 atom stereocenters. The van der Waals surface area contributed by atoms with Crippen LogP contribution in [0.3, 0.4) is 0 Å². The number of aliphatic imine (C=N–C) groups is 1. The van der Waals surface area contributed by atoms with Crippen LogP contribution in [-0.4, -0.2) is 66.3 Å². The molecule has 0 saturated carbocycles. The number of hydrogen-bond acceptors (Lipinski definition) is 5. The lowest BCUT2D eigenvalue weighted by molar-refractivity contribution is -0.133. The normalized spacial score (nSPS) is 18.0. The number of nitrogens with one attached hydrogen (secondary N) is 1. The van der Waals surface area contributed by atoms with Crippen molar-refractivity contribution in [3.8, 4) is 0 Å². The predicted molar refractivity (Wildman–Crippen MR) is 141 cm³/mol. The molecule has 2 aromatic rings. The maximum atomic E-state index is 12.6. The van der Waals surface area contributed by atoms with Crippen LogP contribution >= 0.6 is 23.4 Å². The Morgan fingerprint density at radius 3 is 2.50 bits per heavy atom. The second-order valence-electron chi connectivity index (χ2n) is 8.60. The molecule has 2 aliphatic rings. The molecule has 1 saturated heterocycles. The van der Waals surface area contributed by atoms with E-state index in [4.69, 9.17) is 16.6 Å². The van der Waals surface area contributed by atoms with Crippen LogP contribution in [0.2, 0.25) is 5.02 Å². The summed E-state index contributed by atoms with van der Waals surface area (Å²) < 4.78 is 0. The van der Waals surface area contributed by atoms with E-state index >= 15 is 0 Å². The van der Waals surface area contributed by atoms with Crippen molar-refractivity contribution in [2.75, 3.05) is 43.4 Å². The number of carbonyl (C=O) groups excluding carboxylic acids is 2. The van der Waals surface area contributed by atoms with Gasteiger partial charge < -0.3 is 15.1 Å².